The number of aromatic nitrogens is 2. The van der Waals surface area contributed by atoms with Crippen molar-refractivity contribution in [3.63, 3.8) is 0 Å². The number of amides is 2. The van der Waals surface area contributed by atoms with Gasteiger partial charge < -0.3 is 15.5 Å². The molecule has 2 aromatic rings. The molecule has 7 nitrogen and oxygen atoms in total. The van der Waals surface area contributed by atoms with Gasteiger partial charge in [-0.1, -0.05) is 19.4 Å². The third-order valence-electron chi connectivity index (χ3n) is 6.07. The van der Waals surface area contributed by atoms with Crippen molar-refractivity contribution in [2.24, 2.45) is 7.05 Å². The van der Waals surface area contributed by atoms with Crippen LogP contribution in [0.4, 0.5) is 11.4 Å². The molecule has 0 bridgehead atoms. The Kier molecular flexibility index (Phi) is 7.71. The van der Waals surface area contributed by atoms with Crippen LogP contribution in [-0.2, 0) is 23.1 Å². The first-order valence-electron chi connectivity index (χ1n) is 11.3. The summed E-state index contributed by atoms with van der Waals surface area (Å²) in [6.45, 7) is 8.10. The standard InChI is InChI=1S/C24H35N5O2/c1-5-9-22(26-23(30)13-12-21-17(2)27-28(4)18(21)3)24(31)25-19-10-8-11-20(16-19)29-14-6-7-15-29/h8,10-11,16,22H,5-7,9,12-15H2,1-4H3,(H,25,31)(H,26,30). The fraction of sp³-hybridized carbons (Fsp3) is 0.542. The van der Waals surface area contributed by atoms with E-state index in [1.165, 1.54) is 12.8 Å². The van der Waals surface area contributed by atoms with E-state index < -0.39 is 6.04 Å². The molecule has 0 spiro atoms. The number of benzene rings is 1. The number of nitrogens with one attached hydrogen (secondary N) is 2. The molecule has 1 aromatic carbocycles. The number of rotatable bonds is 9. The smallest absolute Gasteiger partial charge is 0.246 e. The van der Waals surface area contributed by atoms with E-state index in [1.807, 2.05) is 50.7 Å². The van der Waals surface area contributed by atoms with Crippen LogP contribution in [0.3, 0.4) is 0 Å². The van der Waals surface area contributed by atoms with Crippen molar-refractivity contribution >= 4 is 23.2 Å². The number of aryl methyl sites for hydroxylation is 2. The van der Waals surface area contributed by atoms with Crippen molar-refractivity contribution in [2.45, 2.75) is 65.3 Å². The second kappa shape index (κ2) is 10.5. The number of nitrogens with zero attached hydrogens (tertiary/aromatic N) is 3. The predicted octanol–water partition coefficient (Wildman–Crippen LogP) is 3.49. The Balaban J connectivity index is 1.58. The van der Waals surface area contributed by atoms with Crippen molar-refractivity contribution in [3.05, 3.63) is 41.2 Å². The third kappa shape index (κ3) is 5.87. The molecule has 1 aliphatic rings. The summed E-state index contributed by atoms with van der Waals surface area (Å²) < 4.78 is 1.84. The molecule has 2 amide bonds. The maximum absolute atomic E-state index is 12.9. The summed E-state index contributed by atoms with van der Waals surface area (Å²) in [5.74, 6) is -0.274. The van der Waals surface area contributed by atoms with Crippen LogP contribution in [0.25, 0.3) is 0 Å². The average Bonchev–Trinajstić information content (AvgIpc) is 3.35. The number of carbonyl (C=O) groups is 2. The maximum Gasteiger partial charge on any atom is 0.246 e. The van der Waals surface area contributed by atoms with Gasteiger partial charge in [0.2, 0.25) is 11.8 Å². The first kappa shape index (κ1) is 22.8. The summed E-state index contributed by atoms with van der Waals surface area (Å²) >= 11 is 0. The zero-order valence-corrected chi connectivity index (χ0v) is 19.2. The molecule has 1 aliphatic heterocycles. The zero-order valence-electron chi connectivity index (χ0n) is 19.2. The van der Waals surface area contributed by atoms with E-state index in [-0.39, 0.29) is 11.8 Å². The van der Waals surface area contributed by atoms with Gasteiger partial charge in [-0.05, 0) is 63.3 Å². The Hall–Kier alpha value is -2.83. The Morgan fingerprint density at radius 2 is 1.94 bits per heavy atom. The van der Waals surface area contributed by atoms with Gasteiger partial charge in [0.25, 0.3) is 0 Å². The molecule has 2 N–H and O–H groups in total. The molecule has 31 heavy (non-hydrogen) atoms. The molecule has 1 atom stereocenters. The van der Waals surface area contributed by atoms with Gasteiger partial charge in [-0.25, -0.2) is 0 Å². The SMILES string of the molecule is CCCC(NC(=O)CCc1c(C)nn(C)c1C)C(=O)Nc1cccc(N2CCCC2)c1. The van der Waals surface area contributed by atoms with E-state index in [1.54, 1.807) is 0 Å². The molecule has 168 valence electrons. The van der Waals surface area contributed by atoms with Crippen LogP contribution < -0.4 is 15.5 Å². The van der Waals surface area contributed by atoms with Crippen LogP contribution in [0.15, 0.2) is 24.3 Å². The highest BCUT2D eigenvalue weighted by atomic mass is 16.2. The molecule has 1 fully saturated rings. The first-order chi connectivity index (χ1) is 14.9. The molecule has 2 heterocycles. The molecule has 3 rings (SSSR count). The van der Waals surface area contributed by atoms with Gasteiger partial charge in [0, 0.05) is 43.6 Å². The lowest BCUT2D eigenvalue weighted by molar-refractivity contribution is -0.126. The van der Waals surface area contributed by atoms with E-state index in [0.717, 1.165) is 47.8 Å². The van der Waals surface area contributed by atoms with Gasteiger partial charge in [-0.15, -0.1) is 0 Å². The number of hydrogen-bond donors (Lipinski definition) is 2. The van der Waals surface area contributed by atoms with Gasteiger partial charge in [0.15, 0.2) is 0 Å². The number of carbonyl (C=O) groups excluding carboxylic acids is 2. The summed E-state index contributed by atoms with van der Waals surface area (Å²) in [5.41, 5.74) is 5.03. The van der Waals surface area contributed by atoms with Crippen molar-refractivity contribution < 1.29 is 9.59 Å². The normalized spacial score (nSPS) is 14.5. The molecular formula is C24H35N5O2. The molecule has 0 radical (unpaired) electrons. The zero-order chi connectivity index (χ0) is 22.4. The number of anilines is 2. The van der Waals surface area contributed by atoms with Crippen LogP contribution in [0, 0.1) is 13.8 Å². The van der Waals surface area contributed by atoms with E-state index in [4.69, 9.17) is 0 Å². The third-order valence-corrected chi connectivity index (χ3v) is 6.07. The maximum atomic E-state index is 12.9. The van der Waals surface area contributed by atoms with E-state index in [0.29, 0.717) is 19.3 Å². The highest BCUT2D eigenvalue weighted by Crippen LogP contribution is 2.23. The summed E-state index contributed by atoms with van der Waals surface area (Å²) in [5, 5.41) is 10.3. The largest absolute Gasteiger partial charge is 0.371 e. The van der Waals surface area contributed by atoms with Crippen molar-refractivity contribution in [1.82, 2.24) is 15.1 Å². The Labute approximate surface area is 185 Å². The van der Waals surface area contributed by atoms with Gasteiger partial charge in [-0.3, -0.25) is 14.3 Å². The highest BCUT2D eigenvalue weighted by Gasteiger charge is 2.21. The molecule has 1 aromatic heterocycles. The minimum atomic E-state index is -0.538. The van der Waals surface area contributed by atoms with Gasteiger partial charge in [0.05, 0.1) is 5.69 Å². The monoisotopic (exact) mass is 425 g/mol. The summed E-state index contributed by atoms with van der Waals surface area (Å²) in [4.78, 5) is 27.8. The van der Waals surface area contributed by atoms with Crippen LogP contribution in [0.1, 0.15) is 56.0 Å². The minimum absolute atomic E-state index is 0.109. The molecule has 0 saturated carbocycles. The van der Waals surface area contributed by atoms with Crippen LogP contribution in [0.5, 0.6) is 0 Å². The lowest BCUT2D eigenvalue weighted by Crippen LogP contribution is -2.43. The molecule has 0 aliphatic carbocycles. The van der Waals surface area contributed by atoms with Crippen molar-refractivity contribution in [2.75, 3.05) is 23.3 Å². The van der Waals surface area contributed by atoms with Crippen LogP contribution in [0.2, 0.25) is 0 Å². The number of hydrogen-bond acceptors (Lipinski definition) is 4. The van der Waals surface area contributed by atoms with E-state index in [9.17, 15) is 9.59 Å². The molecule has 1 unspecified atom stereocenters. The van der Waals surface area contributed by atoms with Gasteiger partial charge in [-0.2, -0.15) is 5.10 Å². The fourth-order valence-corrected chi connectivity index (χ4v) is 4.23. The van der Waals surface area contributed by atoms with Crippen molar-refractivity contribution in [3.8, 4) is 0 Å². The fourth-order valence-electron chi connectivity index (χ4n) is 4.23. The second-order valence-corrected chi connectivity index (χ2v) is 8.42. The minimum Gasteiger partial charge on any atom is -0.371 e. The molecule has 1 saturated heterocycles. The van der Waals surface area contributed by atoms with E-state index >= 15 is 0 Å². The average molecular weight is 426 g/mol. The summed E-state index contributed by atoms with van der Waals surface area (Å²) in [7, 11) is 1.91. The Morgan fingerprint density at radius 1 is 1.19 bits per heavy atom. The topological polar surface area (TPSA) is 79.3 Å². The van der Waals surface area contributed by atoms with Crippen LogP contribution >= 0.6 is 0 Å². The quantitative estimate of drug-likeness (QED) is 0.645. The summed E-state index contributed by atoms with van der Waals surface area (Å²) in [6.07, 6.45) is 4.79. The van der Waals surface area contributed by atoms with Gasteiger partial charge >= 0.3 is 0 Å². The molecule has 7 heteroatoms. The van der Waals surface area contributed by atoms with Crippen molar-refractivity contribution in [1.29, 1.82) is 0 Å². The van der Waals surface area contributed by atoms with E-state index in [2.05, 4.69) is 26.7 Å². The Bertz CT molecular complexity index is 915. The van der Waals surface area contributed by atoms with Gasteiger partial charge in [0.1, 0.15) is 6.04 Å². The predicted molar refractivity (Wildman–Crippen MR) is 124 cm³/mol. The highest BCUT2D eigenvalue weighted by molar-refractivity contribution is 5.97. The molecular weight excluding hydrogens is 390 g/mol. The first-order valence-corrected chi connectivity index (χ1v) is 11.3. The lowest BCUT2D eigenvalue weighted by Gasteiger charge is -2.20. The van der Waals surface area contributed by atoms with Crippen LogP contribution in [-0.4, -0.2) is 40.7 Å². The summed E-state index contributed by atoms with van der Waals surface area (Å²) in [6, 6.07) is 7.42. The Morgan fingerprint density at radius 3 is 2.58 bits per heavy atom. The lowest BCUT2D eigenvalue weighted by atomic mass is 10.1. The second-order valence-electron chi connectivity index (χ2n) is 8.42.